The number of hydrogen-bond acceptors (Lipinski definition) is 4. The van der Waals surface area contributed by atoms with Gasteiger partial charge in [0, 0.05) is 25.7 Å². The molecule has 0 saturated carbocycles. The molecule has 0 aromatic carbocycles. The number of nitrogens with one attached hydrogen (secondary N) is 1. The van der Waals surface area contributed by atoms with Crippen LogP contribution < -0.4 is 11.3 Å². The number of amides is 1. The predicted molar refractivity (Wildman–Crippen MR) is 71.0 cm³/mol. The smallest absolute Gasteiger partial charge is 0.270 e. The van der Waals surface area contributed by atoms with Crippen LogP contribution in [-0.4, -0.2) is 47.1 Å². The zero-order valence-electron chi connectivity index (χ0n) is 11.2. The Balaban J connectivity index is 2.21. The summed E-state index contributed by atoms with van der Waals surface area (Å²) in [5.74, 6) is -0.201. The summed E-state index contributed by atoms with van der Waals surface area (Å²) in [6, 6.07) is 4.55. The third-order valence-electron chi connectivity index (χ3n) is 3.03. The molecule has 6 nitrogen and oxygen atoms in total. The van der Waals surface area contributed by atoms with Crippen LogP contribution in [0.2, 0.25) is 0 Å². The molecule has 1 fully saturated rings. The van der Waals surface area contributed by atoms with E-state index in [2.05, 4.69) is 4.98 Å². The molecular weight excluding hydrogens is 246 g/mol. The van der Waals surface area contributed by atoms with E-state index in [9.17, 15) is 9.59 Å². The molecule has 1 atom stereocenters. The number of carbonyl (C=O) groups excluding carboxylic acids is 1. The first-order valence-corrected chi connectivity index (χ1v) is 6.28. The van der Waals surface area contributed by atoms with Crippen LogP contribution in [0.1, 0.15) is 24.3 Å². The number of carbonyl (C=O) groups is 1. The minimum absolute atomic E-state index is 0.178. The minimum Gasteiger partial charge on any atom is -0.367 e. The molecule has 1 aromatic rings. The lowest BCUT2D eigenvalue weighted by Crippen LogP contribution is -2.56. The van der Waals surface area contributed by atoms with E-state index in [0.717, 1.165) is 0 Å². The van der Waals surface area contributed by atoms with Crippen molar-refractivity contribution in [3.8, 4) is 0 Å². The molecule has 1 aliphatic rings. The number of aromatic nitrogens is 1. The normalized spacial score (nSPS) is 22.3. The number of nitrogens with zero attached hydrogens (tertiary/aromatic N) is 1. The van der Waals surface area contributed by atoms with E-state index in [0.29, 0.717) is 25.3 Å². The Morgan fingerprint density at radius 3 is 2.95 bits per heavy atom. The number of rotatable bonds is 2. The summed E-state index contributed by atoms with van der Waals surface area (Å²) in [7, 11) is 0. The second kappa shape index (κ2) is 5.14. The monoisotopic (exact) mass is 265 g/mol. The van der Waals surface area contributed by atoms with E-state index >= 15 is 0 Å². The maximum Gasteiger partial charge on any atom is 0.270 e. The number of aromatic amines is 1. The van der Waals surface area contributed by atoms with Crippen LogP contribution in [-0.2, 0) is 4.74 Å². The van der Waals surface area contributed by atoms with Gasteiger partial charge in [-0.3, -0.25) is 9.59 Å². The van der Waals surface area contributed by atoms with Crippen molar-refractivity contribution < 1.29 is 9.53 Å². The number of morpholine rings is 1. The standard InChI is InChI=1S/C13H19N3O3/c1-13(2)8-16(7-9(6-14)19-13)12(18)10-4-3-5-11(17)15-10/h3-5,9H,6-8,14H2,1-2H3,(H,15,17). The Bertz CT molecular complexity index is 524. The Hall–Kier alpha value is -1.66. The number of hydrogen-bond donors (Lipinski definition) is 2. The van der Waals surface area contributed by atoms with Crippen molar-refractivity contribution in [2.75, 3.05) is 19.6 Å². The third-order valence-corrected chi connectivity index (χ3v) is 3.03. The van der Waals surface area contributed by atoms with Crippen molar-refractivity contribution in [2.45, 2.75) is 25.6 Å². The summed E-state index contributed by atoms with van der Waals surface area (Å²) in [5.41, 5.74) is 5.20. The Kier molecular flexibility index (Phi) is 3.73. The van der Waals surface area contributed by atoms with Gasteiger partial charge in [-0.05, 0) is 19.9 Å². The second-order valence-corrected chi connectivity index (χ2v) is 5.35. The molecule has 104 valence electrons. The van der Waals surface area contributed by atoms with E-state index in [-0.39, 0.29) is 17.6 Å². The molecule has 1 aliphatic heterocycles. The van der Waals surface area contributed by atoms with Gasteiger partial charge in [0.25, 0.3) is 5.91 Å². The predicted octanol–water partition coefficient (Wildman–Crippen LogP) is -0.0468. The maximum atomic E-state index is 12.4. The van der Waals surface area contributed by atoms with Gasteiger partial charge in [-0.25, -0.2) is 0 Å². The van der Waals surface area contributed by atoms with Gasteiger partial charge in [-0.2, -0.15) is 0 Å². The molecule has 1 saturated heterocycles. The fourth-order valence-corrected chi connectivity index (χ4v) is 2.32. The van der Waals surface area contributed by atoms with Gasteiger partial charge in [0.2, 0.25) is 5.56 Å². The van der Waals surface area contributed by atoms with Gasteiger partial charge in [0.1, 0.15) is 5.69 Å². The Labute approximate surface area is 111 Å². The van der Waals surface area contributed by atoms with Crippen LogP contribution in [0.15, 0.2) is 23.0 Å². The maximum absolute atomic E-state index is 12.4. The molecule has 0 spiro atoms. The van der Waals surface area contributed by atoms with Crippen molar-refractivity contribution in [3.63, 3.8) is 0 Å². The zero-order valence-corrected chi connectivity index (χ0v) is 11.2. The number of nitrogens with two attached hydrogens (primary N) is 1. The van der Waals surface area contributed by atoms with Crippen molar-refractivity contribution in [1.82, 2.24) is 9.88 Å². The third kappa shape index (κ3) is 3.21. The van der Waals surface area contributed by atoms with Crippen molar-refractivity contribution in [2.24, 2.45) is 5.73 Å². The van der Waals surface area contributed by atoms with Crippen molar-refractivity contribution >= 4 is 5.91 Å². The minimum atomic E-state index is -0.437. The lowest BCUT2D eigenvalue weighted by molar-refractivity contribution is -0.122. The van der Waals surface area contributed by atoms with Crippen LogP contribution in [0, 0.1) is 0 Å². The lowest BCUT2D eigenvalue weighted by atomic mass is 10.0. The highest BCUT2D eigenvalue weighted by Crippen LogP contribution is 2.21. The van der Waals surface area contributed by atoms with Crippen LogP contribution >= 0.6 is 0 Å². The summed E-state index contributed by atoms with van der Waals surface area (Å²) < 4.78 is 5.77. The number of H-pyrrole nitrogens is 1. The van der Waals surface area contributed by atoms with Crippen LogP contribution in [0.5, 0.6) is 0 Å². The van der Waals surface area contributed by atoms with Crippen LogP contribution in [0.3, 0.4) is 0 Å². The number of ether oxygens (including phenoxy) is 1. The van der Waals surface area contributed by atoms with Gasteiger partial charge < -0.3 is 20.4 Å². The molecule has 1 unspecified atom stereocenters. The van der Waals surface area contributed by atoms with Crippen molar-refractivity contribution in [3.05, 3.63) is 34.2 Å². The van der Waals surface area contributed by atoms with E-state index in [1.807, 2.05) is 13.8 Å². The van der Waals surface area contributed by atoms with Gasteiger partial charge in [-0.1, -0.05) is 6.07 Å². The first kappa shape index (κ1) is 13.8. The van der Waals surface area contributed by atoms with E-state index in [1.54, 1.807) is 17.0 Å². The van der Waals surface area contributed by atoms with Gasteiger partial charge in [0.05, 0.1) is 11.7 Å². The average Bonchev–Trinajstić information content (AvgIpc) is 2.36. The first-order chi connectivity index (χ1) is 8.91. The summed E-state index contributed by atoms with van der Waals surface area (Å²) in [5, 5.41) is 0. The van der Waals surface area contributed by atoms with Gasteiger partial charge in [0.15, 0.2) is 0 Å². The van der Waals surface area contributed by atoms with E-state index < -0.39 is 5.60 Å². The van der Waals surface area contributed by atoms with Crippen LogP contribution in [0.25, 0.3) is 0 Å². The van der Waals surface area contributed by atoms with Crippen LogP contribution in [0.4, 0.5) is 0 Å². The molecule has 2 heterocycles. The highest BCUT2D eigenvalue weighted by Gasteiger charge is 2.35. The SMILES string of the molecule is CC1(C)CN(C(=O)c2cccc(=O)[nH]2)CC(CN)O1. The summed E-state index contributed by atoms with van der Waals surface area (Å²) in [4.78, 5) is 27.8. The zero-order chi connectivity index (χ0) is 14.0. The lowest BCUT2D eigenvalue weighted by Gasteiger charge is -2.42. The first-order valence-electron chi connectivity index (χ1n) is 6.28. The molecule has 0 bridgehead atoms. The van der Waals surface area contributed by atoms with E-state index in [4.69, 9.17) is 10.5 Å². The average molecular weight is 265 g/mol. The highest BCUT2D eigenvalue weighted by molar-refractivity contribution is 5.92. The fourth-order valence-electron chi connectivity index (χ4n) is 2.32. The molecular formula is C13H19N3O3. The summed E-state index contributed by atoms with van der Waals surface area (Å²) in [6.45, 7) is 5.11. The second-order valence-electron chi connectivity index (χ2n) is 5.35. The highest BCUT2D eigenvalue weighted by atomic mass is 16.5. The van der Waals surface area contributed by atoms with Crippen molar-refractivity contribution in [1.29, 1.82) is 0 Å². The molecule has 3 N–H and O–H groups in total. The van der Waals surface area contributed by atoms with E-state index in [1.165, 1.54) is 6.07 Å². The Morgan fingerprint density at radius 2 is 2.32 bits per heavy atom. The largest absolute Gasteiger partial charge is 0.367 e. The summed E-state index contributed by atoms with van der Waals surface area (Å²) in [6.07, 6.45) is -0.178. The Morgan fingerprint density at radius 1 is 1.58 bits per heavy atom. The topological polar surface area (TPSA) is 88.4 Å². The summed E-state index contributed by atoms with van der Waals surface area (Å²) >= 11 is 0. The molecule has 0 aliphatic carbocycles. The molecule has 2 rings (SSSR count). The van der Waals surface area contributed by atoms with Gasteiger partial charge in [-0.15, -0.1) is 0 Å². The molecule has 0 radical (unpaired) electrons. The molecule has 1 aromatic heterocycles. The molecule has 19 heavy (non-hydrogen) atoms. The molecule has 1 amide bonds. The van der Waals surface area contributed by atoms with Gasteiger partial charge >= 0.3 is 0 Å². The fraction of sp³-hybridized carbons (Fsp3) is 0.538. The molecule has 6 heteroatoms. The quantitative estimate of drug-likeness (QED) is 0.785. The number of pyridine rings is 1.